The minimum absolute atomic E-state index is 0.111. The first-order valence-electron chi connectivity index (χ1n) is 9.57. The maximum Gasteiger partial charge on any atom is 0.354 e. The summed E-state index contributed by atoms with van der Waals surface area (Å²) in [6, 6.07) is -0.945. The van der Waals surface area contributed by atoms with Crippen molar-refractivity contribution in [2.24, 2.45) is 0 Å². The van der Waals surface area contributed by atoms with Gasteiger partial charge in [-0.2, -0.15) is 11.8 Å². The minimum atomic E-state index is -4.05. The van der Waals surface area contributed by atoms with Gasteiger partial charge in [-0.15, -0.1) is 0 Å². The van der Waals surface area contributed by atoms with Gasteiger partial charge in [0.25, 0.3) is 0 Å². The Morgan fingerprint density at radius 3 is 2.07 bits per heavy atom. The van der Waals surface area contributed by atoms with Crippen LogP contribution >= 0.6 is 19.4 Å². The second kappa shape index (κ2) is 13.2. The molecule has 2 N–H and O–H groups in total. The molecule has 1 aliphatic heterocycles. The number of esters is 2. The lowest BCUT2D eigenvalue weighted by Crippen LogP contribution is -2.53. The summed E-state index contributed by atoms with van der Waals surface area (Å²) in [5.74, 6) is -2.85. The van der Waals surface area contributed by atoms with Crippen LogP contribution in [0.25, 0.3) is 0 Å². The molecule has 0 spiro atoms. The van der Waals surface area contributed by atoms with E-state index in [4.69, 9.17) is 18.5 Å². The lowest BCUT2D eigenvalue weighted by Gasteiger charge is -2.38. The van der Waals surface area contributed by atoms with E-state index in [1.807, 2.05) is 6.92 Å². The number of unbranched alkanes of at least 4 members (excludes halogenated alkanes) is 1. The first-order chi connectivity index (χ1) is 13.8. The summed E-state index contributed by atoms with van der Waals surface area (Å²) in [6.45, 7) is 3.97. The normalized spacial score (nSPS) is 22.1. The third kappa shape index (κ3) is 8.64. The highest BCUT2D eigenvalue weighted by atomic mass is 32.2. The molecule has 1 fully saturated rings. The molecule has 0 bridgehead atoms. The summed E-state index contributed by atoms with van der Waals surface area (Å²) in [5.41, 5.74) is 0. The lowest BCUT2D eigenvalue weighted by molar-refractivity contribution is -0.152. The molecule has 29 heavy (non-hydrogen) atoms. The summed E-state index contributed by atoms with van der Waals surface area (Å²) in [5, 5.41) is 12.0. The number of thioether (sulfide) groups is 1. The smallest absolute Gasteiger partial charge is 0.354 e. The van der Waals surface area contributed by atoms with Crippen LogP contribution in [-0.2, 0) is 37.5 Å². The van der Waals surface area contributed by atoms with Crippen molar-refractivity contribution in [3.05, 3.63) is 0 Å². The lowest BCUT2D eigenvalue weighted by atomic mass is 10.2. The predicted octanol–water partition coefficient (Wildman–Crippen LogP) is 2.71. The van der Waals surface area contributed by atoms with E-state index < -0.39 is 50.9 Å². The van der Waals surface area contributed by atoms with E-state index in [1.54, 1.807) is 13.8 Å². The van der Waals surface area contributed by atoms with Crippen LogP contribution in [-0.4, -0.2) is 59.4 Å². The van der Waals surface area contributed by atoms with E-state index in [-0.39, 0.29) is 18.1 Å². The van der Waals surface area contributed by atoms with Crippen molar-refractivity contribution in [3.63, 3.8) is 0 Å². The Morgan fingerprint density at radius 2 is 1.62 bits per heavy atom. The molecule has 0 aliphatic carbocycles. The van der Waals surface area contributed by atoms with Gasteiger partial charge in [-0.3, -0.25) is 33.3 Å². The first-order valence-corrected chi connectivity index (χ1v) is 12.2. The third-order valence-electron chi connectivity index (χ3n) is 4.16. The number of aliphatic carboxylic acids is 1. The number of carboxylic acid groups (broad SMARTS) is 1. The fourth-order valence-corrected chi connectivity index (χ4v) is 6.18. The SMILES string of the molecule is CCCC[C@H]1SC[C@@H](C(=O)O)N[C@H]1P(=O)(OCOC(=O)CC)OCOC(=O)CC. The van der Waals surface area contributed by atoms with Gasteiger partial charge in [-0.1, -0.05) is 33.6 Å². The van der Waals surface area contributed by atoms with Crippen molar-refractivity contribution in [1.29, 1.82) is 0 Å². The molecule has 0 radical (unpaired) electrons. The first kappa shape index (κ1) is 25.9. The minimum Gasteiger partial charge on any atom is -0.480 e. The van der Waals surface area contributed by atoms with Gasteiger partial charge in [0.1, 0.15) is 11.8 Å². The highest BCUT2D eigenvalue weighted by Crippen LogP contribution is 2.56. The van der Waals surface area contributed by atoms with Gasteiger partial charge in [-0.05, 0) is 6.42 Å². The van der Waals surface area contributed by atoms with Crippen molar-refractivity contribution < 1.29 is 42.6 Å². The van der Waals surface area contributed by atoms with Gasteiger partial charge >= 0.3 is 25.5 Å². The van der Waals surface area contributed by atoms with Gasteiger partial charge in [0.05, 0.1) is 0 Å². The second-order valence-corrected chi connectivity index (χ2v) is 9.71. The number of rotatable bonds is 13. The molecular formula is C17H30NO9PS. The van der Waals surface area contributed by atoms with Crippen LogP contribution in [0.1, 0.15) is 52.9 Å². The fraction of sp³-hybridized carbons (Fsp3) is 0.824. The molecule has 10 nitrogen and oxygen atoms in total. The van der Waals surface area contributed by atoms with E-state index in [2.05, 4.69) is 5.32 Å². The Labute approximate surface area is 174 Å². The van der Waals surface area contributed by atoms with E-state index in [0.717, 1.165) is 12.8 Å². The Balaban J connectivity index is 3.00. The molecule has 12 heteroatoms. The van der Waals surface area contributed by atoms with Gasteiger partial charge < -0.3 is 14.6 Å². The molecule has 0 unspecified atom stereocenters. The van der Waals surface area contributed by atoms with Crippen molar-refractivity contribution in [1.82, 2.24) is 5.32 Å². The zero-order valence-electron chi connectivity index (χ0n) is 17.0. The molecule has 1 aliphatic rings. The number of hydrogen-bond acceptors (Lipinski definition) is 10. The van der Waals surface area contributed by atoms with Crippen LogP contribution in [0.4, 0.5) is 0 Å². The van der Waals surface area contributed by atoms with E-state index in [9.17, 15) is 24.1 Å². The molecule has 1 rings (SSSR count). The maximum absolute atomic E-state index is 13.6. The molecule has 0 aromatic heterocycles. The molecule has 3 atom stereocenters. The monoisotopic (exact) mass is 455 g/mol. The molecule has 168 valence electrons. The molecule has 0 amide bonds. The largest absolute Gasteiger partial charge is 0.480 e. The van der Waals surface area contributed by atoms with Crippen molar-refractivity contribution in [2.75, 3.05) is 19.3 Å². The average Bonchev–Trinajstić information content (AvgIpc) is 2.71. The van der Waals surface area contributed by atoms with E-state index >= 15 is 0 Å². The summed E-state index contributed by atoms with van der Waals surface area (Å²) < 4.78 is 33.9. The number of nitrogens with one attached hydrogen (secondary N) is 1. The Morgan fingerprint density at radius 1 is 1.07 bits per heavy atom. The van der Waals surface area contributed by atoms with Crippen molar-refractivity contribution >= 4 is 37.3 Å². The van der Waals surface area contributed by atoms with Crippen LogP contribution in [0.5, 0.6) is 0 Å². The molecule has 0 aromatic rings. The predicted molar refractivity (Wildman–Crippen MR) is 106 cm³/mol. The van der Waals surface area contributed by atoms with Crippen LogP contribution in [0.2, 0.25) is 0 Å². The molecule has 0 aromatic carbocycles. The fourth-order valence-electron chi connectivity index (χ4n) is 2.49. The van der Waals surface area contributed by atoms with Gasteiger partial charge in [-0.25, -0.2) is 0 Å². The molecular weight excluding hydrogens is 425 g/mol. The van der Waals surface area contributed by atoms with E-state index in [1.165, 1.54) is 11.8 Å². The average molecular weight is 455 g/mol. The Bertz CT molecular complexity index is 577. The third-order valence-corrected chi connectivity index (χ3v) is 7.95. The topological polar surface area (TPSA) is 137 Å². The number of carboxylic acids is 1. The van der Waals surface area contributed by atoms with Gasteiger partial charge in [0.2, 0.25) is 13.6 Å². The maximum atomic E-state index is 13.6. The number of ether oxygens (including phenoxy) is 2. The van der Waals surface area contributed by atoms with E-state index in [0.29, 0.717) is 12.2 Å². The Hall–Kier alpha value is -1.13. The molecule has 1 saturated heterocycles. The summed E-state index contributed by atoms with van der Waals surface area (Å²) in [6.07, 6.45) is 2.62. The van der Waals surface area contributed by atoms with Gasteiger partial charge in [0.15, 0.2) is 0 Å². The zero-order chi connectivity index (χ0) is 21.9. The highest BCUT2D eigenvalue weighted by molar-refractivity contribution is 8.00. The Kier molecular flexibility index (Phi) is 11.8. The molecule has 1 heterocycles. The second-order valence-electron chi connectivity index (χ2n) is 6.29. The zero-order valence-corrected chi connectivity index (χ0v) is 18.7. The van der Waals surface area contributed by atoms with Crippen molar-refractivity contribution in [3.8, 4) is 0 Å². The van der Waals surface area contributed by atoms with Gasteiger partial charge in [0, 0.05) is 23.8 Å². The highest BCUT2D eigenvalue weighted by Gasteiger charge is 2.47. The quantitative estimate of drug-likeness (QED) is 0.241. The van der Waals surface area contributed by atoms with Crippen LogP contribution < -0.4 is 5.32 Å². The molecule has 0 saturated carbocycles. The van der Waals surface area contributed by atoms with Crippen LogP contribution in [0, 0.1) is 0 Å². The standard InChI is InChI=1S/C17H30NO9PS/c1-4-7-8-13-16(18-12(9-29-13)17(21)22)28(23,26-10-24-14(19)5-2)27-11-25-15(20)6-3/h12-13,16,18H,4-11H2,1-3H3,(H,21,22)/t12-,13+,16-/m0/s1. The summed E-state index contributed by atoms with van der Waals surface area (Å²) in [7, 11) is -4.05. The van der Waals surface area contributed by atoms with Crippen LogP contribution in [0.15, 0.2) is 0 Å². The summed E-state index contributed by atoms with van der Waals surface area (Å²) >= 11 is 1.37. The van der Waals surface area contributed by atoms with Crippen LogP contribution in [0.3, 0.4) is 0 Å². The number of carbonyl (C=O) groups excluding carboxylic acids is 2. The number of hydrogen-bond donors (Lipinski definition) is 2. The number of carbonyl (C=O) groups is 3. The van der Waals surface area contributed by atoms with Crippen molar-refractivity contribution in [2.45, 2.75) is 70.0 Å². The summed E-state index contributed by atoms with van der Waals surface area (Å²) in [4.78, 5) is 34.2.